The van der Waals surface area contributed by atoms with Gasteiger partial charge in [-0.25, -0.2) is 0 Å². The summed E-state index contributed by atoms with van der Waals surface area (Å²) in [5, 5.41) is 0. The van der Waals surface area contributed by atoms with Crippen LogP contribution in [0.15, 0.2) is 0 Å². The highest BCUT2D eigenvalue weighted by atomic mass is 127. The van der Waals surface area contributed by atoms with Gasteiger partial charge in [-0.3, -0.25) is 0 Å². The van der Waals surface area contributed by atoms with E-state index in [1.54, 1.807) is 0 Å². The average Bonchev–Trinajstić information content (AvgIpc) is 1.85. The maximum Gasteiger partial charge on any atom is 0.0143 e. The standard InChI is InChI=1S/C10H19I/c1-7(2)9-5-4-8(3)6-10(9)11/h7-10H,4-6H2,1-3H3/t8-,9+,10-/m1/s1. The zero-order chi connectivity index (χ0) is 8.43. The summed E-state index contributed by atoms with van der Waals surface area (Å²) >= 11 is 2.65. The second-order valence-corrected chi connectivity index (χ2v) is 5.94. The van der Waals surface area contributed by atoms with E-state index in [4.69, 9.17) is 0 Å². The molecule has 0 aromatic carbocycles. The van der Waals surface area contributed by atoms with Crippen LogP contribution in [-0.2, 0) is 0 Å². The third-order valence-electron chi connectivity index (χ3n) is 2.94. The Morgan fingerprint density at radius 1 is 1.27 bits per heavy atom. The highest BCUT2D eigenvalue weighted by molar-refractivity contribution is 14.1. The Bertz CT molecular complexity index is 120. The molecule has 0 nitrogen and oxygen atoms in total. The maximum atomic E-state index is 2.65. The number of halogens is 1. The fraction of sp³-hybridized carbons (Fsp3) is 1.00. The number of hydrogen-bond acceptors (Lipinski definition) is 0. The highest BCUT2D eigenvalue weighted by Crippen LogP contribution is 2.37. The normalized spacial score (nSPS) is 39.5. The van der Waals surface area contributed by atoms with Crippen LogP contribution >= 0.6 is 22.6 Å². The molecule has 1 heteroatoms. The fourth-order valence-electron chi connectivity index (χ4n) is 2.09. The highest BCUT2D eigenvalue weighted by Gasteiger charge is 2.28. The molecule has 0 aromatic rings. The molecule has 0 unspecified atom stereocenters. The Hall–Kier alpha value is 0.730. The van der Waals surface area contributed by atoms with Crippen LogP contribution in [-0.4, -0.2) is 3.92 Å². The van der Waals surface area contributed by atoms with Crippen molar-refractivity contribution in [3.05, 3.63) is 0 Å². The summed E-state index contributed by atoms with van der Waals surface area (Å²) in [7, 11) is 0. The van der Waals surface area contributed by atoms with Crippen molar-refractivity contribution >= 4 is 22.6 Å². The van der Waals surface area contributed by atoms with E-state index in [-0.39, 0.29) is 0 Å². The van der Waals surface area contributed by atoms with Crippen LogP contribution < -0.4 is 0 Å². The molecule has 0 N–H and O–H groups in total. The maximum absolute atomic E-state index is 2.65. The van der Waals surface area contributed by atoms with E-state index < -0.39 is 0 Å². The summed E-state index contributed by atoms with van der Waals surface area (Å²) in [5.41, 5.74) is 0. The van der Waals surface area contributed by atoms with Gasteiger partial charge in [0.1, 0.15) is 0 Å². The van der Waals surface area contributed by atoms with Crippen molar-refractivity contribution in [3.63, 3.8) is 0 Å². The van der Waals surface area contributed by atoms with Crippen molar-refractivity contribution in [2.75, 3.05) is 0 Å². The van der Waals surface area contributed by atoms with Crippen molar-refractivity contribution in [1.82, 2.24) is 0 Å². The van der Waals surface area contributed by atoms with Crippen LogP contribution in [0, 0.1) is 17.8 Å². The summed E-state index contributed by atoms with van der Waals surface area (Å²) in [6.45, 7) is 7.13. The summed E-state index contributed by atoms with van der Waals surface area (Å²) in [6, 6.07) is 0. The average molecular weight is 266 g/mol. The van der Waals surface area contributed by atoms with Gasteiger partial charge in [0.2, 0.25) is 0 Å². The van der Waals surface area contributed by atoms with Crippen LogP contribution in [0.25, 0.3) is 0 Å². The lowest BCUT2D eigenvalue weighted by Gasteiger charge is -2.33. The van der Waals surface area contributed by atoms with E-state index >= 15 is 0 Å². The minimum atomic E-state index is 0.893. The molecular formula is C10H19I. The molecule has 3 atom stereocenters. The lowest BCUT2D eigenvalue weighted by molar-refractivity contribution is 0.252. The van der Waals surface area contributed by atoms with Crippen molar-refractivity contribution in [3.8, 4) is 0 Å². The van der Waals surface area contributed by atoms with Gasteiger partial charge in [0.25, 0.3) is 0 Å². The van der Waals surface area contributed by atoms with Crippen molar-refractivity contribution in [1.29, 1.82) is 0 Å². The summed E-state index contributed by atoms with van der Waals surface area (Å²) < 4.78 is 0.941. The molecule has 0 radical (unpaired) electrons. The summed E-state index contributed by atoms with van der Waals surface area (Å²) in [6.07, 6.45) is 4.37. The molecule has 0 amide bonds. The van der Waals surface area contributed by atoms with Crippen molar-refractivity contribution in [2.24, 2.45) is 17.8 Å². The number of hydrogen-bond donors (Lipinski definition) is 0. The smallest absolute Gasteiger partial charge is 0.0143 e. The Kier molecular flexibility index (Phi) is 3.66. The number of alkyl halides is 1. The largest absolute Gasteiger partial charge is 0.0823 e. The van der Waals surface area contributed by atoms with E-state index in [9.17, 15) is 0 Å². The molecule has 1 aliphatic rings. The molecule has 1 aliphatic carbocycles. The van der Waals surface area contributed by atoms with Gasteiger partial charge in [0.15, 0.2) is 0 Å². The SMILES string of the molecule is CC(C)[C@@H]1CC[C@@H](C)C[C@H]1I. The second-order valence-electron chi connectivity index (χ2n) is 4.34. The number of rotatable bonds is 1. The van der Waals surface area contributed by atoms with Gasteiger partial charge in [-0.1, -0.05) is 49.8 Å². The van der Waals surface area contributed by atoms with Crippen molar-refractivity contribution in [2.45, 2.75) is 44.0 Å². The molecule has 0 spiro atoms. The minimum absolute atomic E-state index is 0.893. The summed E-state index contributed by atoms with van der Waals surface area (Å²) in [4.78, 5) is 0. The Morgan fingerprint density at radius 2 is 1.91 bits per heavy atom. The molecule has 0 aliphatic heterocycles. The van der Waals surface area contributed by atoms with Gasteiger partial charge in [0, 0.05) is 3.92 Å². The van der Waals surface area contributed by atoms with Gasteiger partial charge in [-0.15, -0.1) is 0 Å². The van der Waals surface area contributed by atoms with Crippen LogP contribution in [0.5, 0.6) is 0 Å². The Morgan fingerprint density at radius 3 is 2.36 bits per heavy atom. The van der Waals surface area contributed by atoms with E-state index in [0.29, 0.717) is 0 Å². The molecule has 1 rings (SSSR count). The zero-order valence-electron chi connectivity index (χ0n) is 7.81. The topological polar surface area (TPSA) is 0 Å². The Labute approximate surface area is 84.3 Å². The van der Waals surface area contributed by atoms with E-state index in [1.165, 1.54) is 19.3 Å². The van der Waals surface area contributed by atoms with Crippen LogP contribution in [0.2, 0.25) is 0 Å². The molecule has 0 saturated heterocycles. The predicted molar refractivity (Wildman–Crippen MR) is 59.2 cm³/mol. The molecule has 66 valence electrons. The van der Waals surface area contributed by atoms with Gasteiger partial charge in [-0.05, 0) is 30.6 Å². The van der Waals surface area contributed by atoms with Crippen LogP contribution in [0.4, 0.5) is 0 Å². The molecule has 0 heterocycles. The molecule has 0 bridgehead atoms. The third kappa shape index (κ3) is 2.60. The van der Waals surface area contributed by atoms with Crippen LogP contribution in [0.3, 0.4) is 0 Å². The van der Waals surface area contributed by atoms with E-state index in [2.05, 4.69) is 43.4 Å². The monoisotopic (exact) mass is 266 g/mol. The van der Waals surface area contributed by atoms with Crippen molar-refractivity contribution < 1.29 is 0 Å². The van der Waals surface area contributed by atoms with Crippen LogP contribution in [0.1, 0.15) is 40.0 Å². The molecular weight excluding hydrogens is 247 g/mol. The Balaban J connectivity index is 2.44. The fourth-order valence-corrected chi connectivity index (χ4v) is 4.14. The zero-order valence-corrected chi connectivity index (χ0v) is 9.97. The summed E-state index contributed by atoms with van der Waals surface area (Å²) in [5.74, 6) is 2.86. The third-order valence-corrected chi connectivity index (χ3v) is 4.37. The van der Waals surface area contributed by atoms with Gasteiger partial charge in [0.05, 0.1) is 0 Å². The first-order valence-corrected chi connectivity index (χ1v) is 6.00. The quantitative estimate of drug-likeness (QED) is 0.499. The molecule has 1 fully saturated rings. The molecule has 0 aromatic heterocycles. The van der Waals surface area contributed by atoms with Gasteiger partial charge < -0.3 is 0 Å². The minimum Gasteiger partial charge on any atom is -0.0823 e. The lowest BCUT2D eigenvalue weighted by atomic mass is 9.78. The molecule has 1 saturated carbocycles. The second kappa shape index (κ2) is 4.11. The lowest BCUT2D eigenvalue weighted by Crippen LogP contribution is -2.27. The first-order chi connectivity index (χ1) is 5.11. The van der Waals surface area contributed by atoms with Gasteiger partial charge >= 0.3 is 0 Å². The van der Waals surface area contributed by atoms with E-state index in [1.807, 2.05) is 0 Å². The first kappa shape index (κ1) is 9.82. The first-order valence-electron chi connectivity index (χ1n) is 4.75. The van der Waals surface area contributed by atoms with E-state index in [0.717, 1.165) is 21.7 Å². The van der Waals surface area contributed by atoms with Gasteiger partial charge in [-0.2, -0.15) is 0 Å². The molecule has 11 heavy (non-hydrogen) atoms. The predicted octanol–water partition coefficient (Wildman–Crippen LogP) is 3.88.